The highest BCUT2D eigenvalue weighted by Gasteiger charge is 2.17. The lowest BCUT2D eigenvalue weighted by atomic mass is 10.0. The van der Waals surface area contributed by atoms with Gasteiger partial charge in [-0.2, -0.15) is 0 Å². The summed E-state index contributed by atoms with van der Waals surface area (Å²) in [5.74, 6) is -0.448. The molecule has 0 amide bonds. The first kappa shape index (κ1) is 13.3. The van der Waals surface area contributed by atoms with E-state index >= 15 is 0 Å². The fraction of sp³-hybridized carbons (Fsp3) is 0.143. The molecule has 0 aromatic heterocycles. The quantitative estimate of drug-likeness (QED) is 0.860. The van der Waals surface area contributed by atoms with Crippen molar-refractivity contribution in [1.29, 1.82) is 0 Å². The SMILES string of the molecule is Cc1ccc(C(O)c2cc(F)ccc2Cl)c(Cl)c1. The van der Waals surface area contributed by atoms with Crippen molar-refractivity contribution in [2.45, 2.75) is 13.0 Å². The van der Waals surface area contributed by atoms with Crippen molar-refractivity contribution in [3.63, 3.8) is 0 Å². The lowest BCUT2D eigenvalue weighted by molar-refractivity contribution is 0.220. The topological polar surface area (TPSA) is 20.2 Å². The average molecular weight is 285 g/mol. The number of hydrogen-bond donors (Lipinski definition) is 1. The van der Waals surface area contributed by atoms with Crippen LogP contribution in [0.3, 0.4) is 0 Å². The van der Waals surface area contributed by atoms with Crippen LogP contribution in [0.5, 0.6) is 0 Å². The van der Waals surface area contributed by atoms with Crippen molar-refractivity contribution >= 4 is 23.2 Å². The molecule has 0 saturated carbocycles. The Labute approximate surface area is 115 Å². The van der Waals surface area contributed by atoms with Gasteiger partial charge in [-0.25, -0.2) is 4.39 Å². The maximum atomic E-state index is 13.2. The average Bonchev–Trinajstić information content (AvgIpc) is 2.31. The highest BCUT2D eigenvalue weighted by atomic mass is 35.5. The Morgan fingerprint density at radius 3 is 2.39 bits per heavy atom. The molecule has 2 rings (SSSR count). The zero-order chi connectivity index (χ0) is 13.3. The summed E-state index contributed by atoms with van der Waals surface area (Å²) in [6.07, 6.45) is -1.04. The van der Waals surface area contributed by atoms with Gasteiger partial charge in [-0.1, -0.05) is 35.3 Å². The molecule has 0 aliphatic rings. The first-order valence-corrected chi connectivity index (χ1v) is 6.13. The third-order valence-corrected chi connectivity index (χ3v) is 3.37. The second kappa shape index (κ2) is 5.27. The van der Waals surface area contributed by atoms with E-state index in [0.29, 0.717) is 21.2 Å². The lowest BCUT2D eigenvalue weighted by Gasteiger charge is -2.15. The molecule has 0 fully saturated rings. The normalized spacial score (nSPS) is 12.5. The van der Waals surface area contributed by atoms with Crippen molar-refractivity contribution in [2.24, 2.45) is 0 Å². The van der Waals surface area contributed by atoms with Gasteiger partial charge in [0.2, 0.25) is 0 Å². The molecule has 0 saturated heterocycles. The van der Waals surface area contributed by atoms with Crippen LogP contribution < -0.4 is 0 Å². The highest BCUT2D eigenvalue weighted by Crippen LogP contribution is 2.33. The third-order valence-electron chi connectivity index (χ3n) is 2.70. The molecular weight excluding hydrogens is 274 g/mol. The van der Waals surface area contributed by atoms with Gasteiger partial charge in [0.15, 0.2) is 0 Å². The third kappa shape index (κ3) is 2.66. The Bertz CT molecular complexity index is 584. The largest absolute Gasteiger partial charge is 0.384 e. The molecule has 18 heavy (non-hydrogen) atoms. The van der Waals surface area contributed by atoms with Gasteiger partial charge in [-0.05, 0) is 36.8 Å². The number of aliphatic hydroxyl groups is 1. The molecule has 0 radical (unpaired) electrons. The number of halogens is 3. The number of aryl methyl sites for hydroxylation is 1. The van der Waals surface area contributed by atoms with E-state index in [2.05, 4.69) is 0 Å². The Morgan fingerprint density at radius 2 is 1.72 bits per heavy atom. The van der Waals surface area contributed by atoms with Crippen molar-refractivity contribution in [3.8, 4) is 0 Å². The molecule has 1 N–H and O–H groups in total. The Hall–Kier alpha value is -1.09. The minimum atomic E-state index is -1.04. The van der Waals surface area contributed by atoms with Crippen LogP contribution >= 0.6 is 23.2 Å². The van der Waals surface area contributed by atoms with Crippen molar-refractivity contribution in [3.05, 3.63) is 69.0 Å². The van der Waals surface area contributed by atoms with Gasteiger partial charge in [0.1, 0.15) is 11.9 Å². The van der Waals surface area contributed by atoms with Gasteiger partial charge < -0.3 is 5.11 Å². The summed E-state index contributed by atoms with van der Waals surface area (Å²) < 4.78 is 13.2. The fourth-order valence-electron chi connectivity index (χ4n) is 1.75. The zero-order valence-corrected chi connectivity index (χ0v) is 11.1. The van der Waals surface area contributed by atoms with E-state index in [4.69, 9.17) is 23.2 Å². The number of aliphatic hydroxyl groups excluding tert-OH is 1. The number of hydrogen-bond acceptors (Lipinski definition) is 1. The van der Waals surface area contributed by atoms with Crippen molar-refractivity contribution < 1.29 is 9.50 Å². The molecule has 2 aromatic rings. The van der Waals surface area contributed by atoms with Crippen LogP contribution in [0.25, 0.3) is 0 Å². The van der Waals surface area contributed by atoms with Crippen LogP contribution in [0.15, 0.2) is 36.4 Å². The molecule has 1 atom stereocenters. The van der Waals surface area contributed by atoms with Gasteiger partial charge in [0.05, 0.1) is 0 Å². The van der Waals surface area contributed by atoms with E-state index in [-0.39, 0.29) is 0 Å². The number of benzene rings is 2. The maximum absolute atomic E-state index is 13.2. The van der Waals surface area contributed by atoms with Crippen LogP contribution in [-0.2, 0) is 0 Å². The second-order valence-electron chi connectivity index (χ2n) is 4.09. The predicted molar refractivity (Wildman–Crippen MR) is 71.7 cm³/mol. The molecular formula is C14H11Cl2FO. The highest BCUT2D eigenvalue weighted by molar-refractivity contribution is 6.32. The summed E-state index contributed by atoms with van der Waals surface area (Å²) in [4.78, 5) is 0. The Balaban J connectivity index is 2.47. The summed E-state index contributed by atoms with van der Waals surface area (Å²) in [5.41, 5.74) is 1.80. The van der Waals surface area contributed by atoms with E-state index in [1.807, 2.05) is 13.0 Å². The molecule has 0 heterocycles. The van der Waals surface area contributed by atoms with E-state index < -0.39 is 11.9 Å². The van der Waals surface area contributed by atoms with Gasteiger partial charge in [0.25, 0.3) is 0 Å². The van der Waals surface area contributed by atoms with Crippen LogP contribution in [-0.4, -0.2) is 5.11 Å². The molecule has 94 valence electrons. The first-order chi connectivity index (χ1) is 8.49. The number of rotatable bonds is 2. The first-order valence-electron chi connectivity index (χ1n) is 5.38. The van der Waals surface area contributed by atoms with E-state index in [1.54, 1.807) is 12.1 Å². The summed E-state index contributed by atoms with van der Waals surface area (Å²) >= 11 is 12.0. The fourth-order valence-corrected chi connectivity index (χ4v) is 2.30. The molecule has 0 spiro atoms. The molecule has 1 nitrogen and oxygen atoms in total. The van der Waals surface area contributed by atoms with Crippen LogP contribution in [0.1, 0.15) is 22.8 Å². The van der Waals surface area contributed by atoms with Gasteiger partial charge >= 0.3 is 0 Å². The Kier molecular flexibility index (Phi) is 3.91. The van der Waals surface area contributed by atoms with Gasteiger partial charge in [-0.3, -0.25) is 0 Å². The van der Waals surface area contributed by atoms with E-state index in [1.165, 1.54) is 18.2 Å². The monoisotopic (exact) mass is 284 g/mol. The predicted octanol–water partition coefficient (Wildman–Crippen LogP) is 4.52. The molecule has 0 aliphatic carbocycles. The Morgan fingerprint density at radius 1 is 1.00 bits per heavy atom. The van der Waals surface area contributed by atoms with Crippen molar-refractivity contribution in [1.82, 2.24) is 0 Å². The smallest absolute Gasteiger partial charge is 0.123 e. The van der Waals surface area contributed by atoms with E-state index in [0.717, 1.165) is 5.56 Å². The second-order valence-corrected chi connectivity index (χ2v) is 4.91. The maximum Gasteiger partial charge on any atom is 0.123 e. The van der Waals surface area contributed by atoms with Crippen LogP contribution in [0.4, 0.5) is 4.39 Å². The summed E-state index contributed by atoms with van der Waals surface area (Å²) in [5, 5.41) is 11.0. The molecule has 4 heteroatoms. The minimum Gasteiger partial charge on any atom is -0.384 e. The molecule has 0 bridgehead atoms. The summed E-state index contributed by atoms with van der Waals surface area (Å²) in [6.45, 7) is 1.90. The molecule has 1 unspecified atom stereocenters. The van der Waals surface area contributed by atoms with Crippen LogP contribution in [0, 0.1) is 12.7 Å². The van der Waals surface area contributed by atoms with Gasteiger partial charge in [0, 0.05) is 21.2 Å². The standard InChI is InChI=1S/C14H11Cl2FO/c1-8-2-4-10(13(16)6-8)14(18)11-7-9(17)3-5-12(11)15/h2-7,14,18H,1H3. The summed E-state index contributed by atoms with van der Waals surface area (Å²) in [6, 6.07) is 9.16. The van der Waals surface area contributed by atoms with Crippen LogP contribution in [0.2, 0.25) is 10.0 Å². The summed E-state index contributed by atoms with van der Waals surface area (Å²) in [7, 11) is 0. The van der Waals surface area contributed by atoms with E-state index in [9.17, 15) is 9.50 Å². The lowest BCUT2D eigenvalue weighted by Crippen LogP contribution is -2.02. The van der Waals surface area contributed by atoms with Crippen molar-refractivity contribution in [2.75, 3.05) is 0 Å². The van der Waals surface area contributed by atoms with Gasteiger partial charge in [-0.15, -0.1) is 0 Å². The zero-order valence-electron chi connectivity index (χ0n) is 9.62. The molecule has 0 aliphatic heterocycles. The molecule has 2 aromatic carbocycles. The minimum absolute atomic E-state index is 0.306.